The first-order valence-electron chi connectivity index (χ1n) is 24.5. The number of imide groups is 1. The van der Waals surface area contributed by atoms with Gasteiger partial charge in [0, 0.05) is 24.3 Å². The van der Waals surface area contributed by atoms with E-state index in [4.69, 9.17) is 75.4 Å². The number of carbonyl (C=O) groups is 6. The quantitative estimate of drug-likeness (QED) is 0.0194. The van der Waals surface area contributed by atoms with Gasteiger partial charge in [0.15, 0.2) is 11.4 Å². The number of fused-ring (bicyclic) bond motifs is 1. The Balaban J connectivity index is 0.000000365. The maximum atomic E-state index is 14.5. The molecule has 0 saturated heterocycles. The number of aliphatic carboxylic acids is 1. The van der Waals surface area contributed by atoms with Gasteiger partial charge in [-0.25, -0.2) is 14.1 Å². The summed E-state index contributed by atoms with van der Waals surface area (Å²) in [7, 11) is -2.13. The molecule has 4 amide bonds. The first-order valence-corrected chi connectivity index (χ1v) is 30.5. The molecule has 428 valence electrons. The zero-order valence-corrected chi connectivity index (χ0v) is 49.3. The van der Waals surface area contributed by atoms with Crippen LogP contribution in [-0.2, 0) is 66.5 Å². The van der Waals surface area contributed by atoms with Crippen molar-refractivity contribution in [2.45, 2.75) is 96.4 Å². The number of nitrogens with one attached hydrogen (secondary N) is 1. The number of methoxy groups -OCH3 is 1. The average molecular weight is 1200 g/mol. The van der Waals surface area contributed by atoms with Crippen LogP contribution in [0, 0.1) is 5.82 Å². The molecule has 6 rings (SSSR count). The number of benzene rings is 3. The number of ether oxygens (including phenoxy) is 4. The van der Waals surface area contributed by atoms with Gasteiger partial charge in [-0.1, -0.05) is 98.7 Å². The van der Waals surface area contributed by atoms with Crippen LogP contribution < -0.4 is 34.4 Å². The zero-order valence-electron chi connectivity index (χ0n) is 44.5. The Kier molecular flexibility index (Phi) is 31.4. The van der Waals surface area contributed by atoms with Crippen LogP contribution in [0.15, 0.2) is 65.7 Å². The number of nitrogens with zero attached hydrogens (tertiary/aromatic N) is 3. The number of carboxylic acid groups (broad SMARTS) is 1. The van der Waals surface area contributed by atoms with E-state index >= 15 is 0 Å². The first-order chi connectivity index (χ1) is 36.4. The number of unbranched alkanes of at least 4 members (excludes halogenated alkanes) is 2. The third kappa shape index (κ3) is 22.7. The second-order valence-electron chi connectivity index (χ2n) is 17.5. The number of alkyl halides is 3. The lowest BCUT2D eigenvalue weighted by atomic mass is 9.93. The van der Waals surface area contributed by atoms with Crippen molar-refractivity contribution in [2.75, 3.05) is 85.8 Å². The molecule has 0 fully saturated rings. The highest BCUT2D eigenvalue weighted by Crippen LogP contribution is 2.40. The van der Waals surface area contributed by atoms with Crippen LogP contribution in [0.3, 0.4) is 0 Å². The number of aryl methyl sites for hydroxylation is 2. The summed E-state index contributed by atoms with van der Waals surface area (Å²) in [6.07, 6.45) is 13.0. The van der Waals surface area contributed by atoms with Crippen molar-refractivity contribution in [3.05, 3.63) is 87.7 Å². The zero-order chi connectivity index (χ0) is 58.0. The molecule has 0 bridgehead atoms. The standard InChI is InChI=1S/C21H23ClFNO5.C14H20ClNO2.C11H11Cl2NO2.C3H8NO5P.C3H9S/c1-2-3-6-9-28-19(25)12-29-18-11-17(16(23)10-15(18)22)24-20(26)13-7-4-5-8-14(13)21(24)27;1-4-11-7-6-8-12(5-2)14(11)16(10-18-3)13(17)9-15;1-7-6-16-9-5-3-2-4-8(9)14(7)11(15)10(12)13;5-3(6)1-4-2-10(7,8)9;1-4(2)3/h10-11H,2-9,12H2,1H3;6-8H,4-5,9-10H2,1-3H3;2-5,7,10H,6H2,1H3;4H,1-2H2,(H,5,6)(H2,7,8,9);1-3H3/q;;;;+1/p-1. The lowest BCUT2D eigenvalue weighted by Gasteiger charge is -2.35. The van der Waals surface area contributed by atoms with E-state index in [2.05, 4.69) is 32.6 Å². The minimum Gasteiger partial charge on any atom is -0.778 e. The maximum Gasteiger partial charge on any atom is 0.344 e. The normalized spacial score (nSPS) is 15.2. The van der Waals surface area contributed by atoms with E-state index < -0.39 is 61.4 Å². The third-order valence-corrected chi connectivity index (χ3v) is 12.5. The van der Waals surface area contributed by atoms with Crippen molar-refractivity contribution in [3.63, 3.8) is 0 Å². The number of para-hydroxylation sites is 3. The molecule has 77 heavy (non-hydrogen) atoms. The minimum atomic E-state index is -4.35. The Morgan fingerprint density at radius 2 is 1.55 bits per heavy atom. The fourth-order valence-electron chi connectivity index (χ4n) is 7.55. The number of rotatable bonds is 19. The minimum absolute atomic E-state index is 0.000883. The summed E-state index contributed by atoms with van der Waals surface area (Å²) < 4.78 is 45.5. The predicted molar refractivity (Wildman–Crippen MR) is 301 cm³/mol. The van der Waals surface area contributed by atoms with E-state index in [1.807, 2.05) is 61.6 Å². The van der Waals surface area contributed by atoms with Crippen LogP contribution in [0.2, 0.25) is 5.02 Å². The molecule has 25 heteroatoms. The summed E-state index contributed by atoms with van der Waals surface area (Å²) in [6.45, 7) is 8.18. The highest BCUT2D eigenvalue weighted by Gasteiger charge is 2.41. The van der Waals surface area contributed by atoms with Crippen LogP contribution in [-0.4, -0.2) is 128 Å². The molecular weight excluding hydrogens is 1130 g/mol. The van der Waals surface area contributed by atoms with Crippen molar-refractivity contribution in [1.82, 2.24) is 5.32 Å². The lowest BCUT2D eigenvalue weighted by molar-refractivity contribution is -0.193. The number of carboxylic acids is 1. The topological polar surface area (TPSA) is 242 Å². The van der Waals surface area contributed by atoms with Crippen molar-refractivity contribution >= 4 is 118 Å². The molecule has 0 spiro atoms. The Hall–Kier alpha value is -4.47. The van der Waals surface area contributed by atoms with Gasteiger partial charge in [0.25, 0.3) is 17.7 Å². The molecule has 18 nitrogen and oxygen atoms in total. The van der Waals surface area contributed by atoms with Crippen molar-refractivity contribution in [2.24, 2.45) is 0 Å². The van der Waals surface area contributed by atoms with Gasteiger partial charge in [0.1, 0.15) is 44.1 Å². The predicted octanol–water partition coefficient (Wildman–Crippen LogP) is 8.58. The molecule has 0 aromatic heterocycles. The summed E-state index contributed by atoms with van der Waals surface area (Å²) in [6, 6.07) is 15.5. The monoisotopic (exact) mass is 1200 g/mol. The van der Waals surface area contributed by atoms with Crippen LogP contribution >= 0.6 is 54.0 Å². The molecule has 1 aliphatic carbocycles. The summed E-state index contributed by atoms with van der Waals surface area (Å²) in [5.41, 5.74) is 4.63. The molecule has 3 N–H and O–H groups in total. The number of anilines is 3. The van der Waals surface area contributed by atoms with Gasteiger partial charge in [-0.05, 0) is 92.1 Å². The SMILES string of the molecule is CC1COc2ccccc2N1C(=O)C(Cl)Cl.CCCCCOC(=O)COc1cc(N2C(=O)C3=C(CCCC3)C2=O)c(F)cc1Cl.CCc1cccc(CC)c1N(COC)C(=O)CCl.C[S+](C)C.O=C(O)CNCP(=O)([O-])O. The van der Waals surface area contributed by atoms with Gasteiger partial charge in [0.05, 0.1) is 66.3 Å². The molecular formula is C52H70Cl4FN4O14PS. The fourth-order valence-corrected chi connectivity index (χ4v) is 8.50. The van der Waals surface area contributed by atoms with E-state index in [-0.39, 0.29) is 46.9 Å². The smallest absolute Gasteiger partial charge is 0.344 e. The molecule has 2 unspecified atom stereocenters. The molecule has 0 saturated carbocycles. The van der Waals surface area contributed by atoms with E-state index in [1.54, 1.807) is 16.9 Å². The summed E-state index contributed by atoms with van der Waals surface area (Å²) in [5.74, 6) is -3.38. The number of amides is 4. The Labute approximate surface area is 473 Å². The molecule has 2 atom stereocenters. The van der Waals surface area contributed by atoms with E-state index in [0.29, 0.717) is 53.8 Å². The third-order valence-electron chi connectivity index (χ3n) is 11.0. The lowest BCUT2D eigenvalue weighted by Crippen LogP contribution is -2.47. The molecule has 3 aliphatic rings. The average Bonchev–Trinajstić information content (AvgIpc) is 3.64. The Morgan fingerprint density at radius 1 is 0.961 bits per heavy atom. The Bertz CT molecular complexity index is 2490. The van der Waals surface area contributed by atoms with E-state index in [0.717, 1.165) is 78.4 Å². The van der Waals surface area contributed by atoms with Crippen LogP contribution in [0.1, 0.15) is 83.8 Å². The first kappa shape index (κ1) is 68.6. The van der Waals surface area contributed by atoms with Gasteiger partial charge in [-0.15, -0.1) is 11.6 Å². The fraction of sp³-hybridized carbons (Fsp3) is 0.500. The van der Waals surface area contributed by atoms with Gasteiger partial charge in [-0.3, -0.25) is 34.2 Å². The molecule has 2 heterocycles. The van der Waals surface area contributed by atoms with Crippen LogP contribution in [0.5, 0.6) is 11.5 Å². The maximum absolute atomic E-state index is 14.5. The second kappa shape index (κ2) is 35.2. The number of esters is 1. The number of hydrogen-bond acceptors (Lipinski definition) is 13. The summed E-state index contributed by atoms with van der Waals surface area (Å²) in [5, 5.41) is 9.91. The number of halogens is 5. The molecule has 0 radical (unpaired) electrons. The van der Waals surface area contributed by atoms with E-state index in [1.165, 1.54) is 6.07 Å². The summed E-state index contributed by atoms with van der Waals surface area (Å²) in [4.78, 5) is 91.7. The Morgan fingerprint density at radius 3 is 2.05 bits per heavy atom. The molecule has 3 aromatic rings. The largest absolute Gasteiger partial charge is 0.778 e. The van der Waals surface area contributed by atoms with E-state index in [9.17, 15) is 42.6 Å². The van der Waals surface area contributed by atoms with Crippen molar-refractivity contribution in [3.8, 4) is 11.5 Å². The van der Waals surface area contributed by atoms with Gasteiger partial charge < -0.3 is 43.3 Å². The van der Waals surface area contributed by atoms with Crippen LogP contribution in [0.25, 0.3) is 0 Å². The van der Waals surface area contributed by atoms with Crippen molar-refractivity contribution < 1.29 is 71.6 Å². The van der Waals surface area contributed by atoms with Crippen LogP contribution in [0.4, 0.5) is 21.5 Å². The molecule has 3 aromatic carbocycles. The summed E-state index contributed by atoms with van der Waals surface area (Å²) >= 11 is 22.9. The highest BCUT2D eigenvalue weighted by atomic mass is 35.5. The van der Waals surface area contributed by atoms with Crippen molar-refractivity contribution in [1.29, 1.82) is 0 Å². The highest BCUT2D eigenvalue weighted by molar-refractivity contribution is 7.94. The second-order valence-corrected chi connectivity index (χ2v) is 23.4. The number of hydrogen-bond donors (Lipinski definition) is 3. The number of carbonyl (C=O) groups excluding carboxylic acids is 5. The van der Waals surface area contributed by atoms with Gasteiger partial charge in [-0.2, -0.15) is 0 Å². The van der Waals surface area contributed by atoms with Gasteiger partial charge >= 0.3 is 11.9 Å². The molecule has 2 aliphatic heterocycles. The van der Waals surface area contributed by atoms with Gasteiger partial charge in [0.2, 0.25) is 5.91 Å².